The molecule has 0 atom stereocenters. The number of hydrogen-bond acceptors (Lipinski definition) is 6. The highest BCUT2D eigenvalue weighted by atomic mass is 16.7. The van der Waals surface area contributed by atoms with Crippen LogP contribution in [0.5, 0.6) is 11.5 Å². The van der Waals surface area contributed by atoms with E-state index in [1.54, 1.807) is 6.07 Å². The molecule has 6 rings (SSSR count). The highest BCUT2D eigenvalue weighted by Gasteiger charge is 2.35. The molecule has 3 aromatic rings. The molecule has 1 aliphatic carbocycles. The van der Waals surface area contributed by atoms with Gasteiger partial charge in [-0.2, -0.15) is 0 Å². The van der Waals surface area contributed by atoms with Crippen LogP contribution in [0.2, 0.25) is 0 Å². The van der Waals surface area contributed by atoms with Gasteiger partial charge in [-0.3, -0.25) is 4.79 Å². The Labute approximate surface area is 211 Å². The van der Waals surface area contributed by atoms with Gasteiger partial charge < -0.3 is 29.2 Å². The van der Waals surface area contributed by atoms with Gasteiger partial charge in [-0.25, -0.2) is 0 Å². The maximum absolute atomic E-state index is 12.8. The van der Waals surface area contributed by atoms with Gasteiger partial charge in [-0.15, -0.1) is 0 Å². The number of piperidine rings is 1. The minimum absolute atomic E-state index is 0.222. The molecule has 0 spiro atoms. The number of carbonyl (C=O) groups is 1. The molecule has 1 aromatic heterocycles. The second-order valence-electron chi connectivity index (χ2n) is 10.6. The zero-order chi connectivity index (χ0) is 24.5. The van der Waals surface area contributed by atoms with E-state index in [0.29, 0.717) is 17.9 Å². The van der Waals surface area contributed by atoms with Crippen molar-refractivity contribution < 1.29 is 23.8 Å². The van der Waals surface area contributed by atoms with Crippen LogP contribution in [0.15, 0.2) is 46.9 Å². The Kier molecular flexibility index (Phi) is 6.36. The van der Waals surface area contributed by atoms with E-state index in [0.717, 1.165) is 54.1 Å². The van der Waals surface area contributed by atoms with Crippen LogP contribution < -0.4 is 14.8 Å². The average Bonchev–Trinajstić information content (AvgIpc) is 3.55. The van der Waals surface area contributed by atoms with E-state index in [1.165, 1.54) is 38.6 Å². The fourth-order valence-corrected chi connectivity index (χ4v) is 5.89. The summed E-state index contributed by atoms with van der Waals surface area (Å²) in [5.74, 6) is 2.21. The largest absolute Gasteiger partial charge is 0.454 e. The SMILES string of the molecule is O=C(NCc1ccc2c(c1)OCO2)c1cc2cc(C3(O)CCN(CC4CCCCC4)CC3)ccc2o1. The third kappa shape index (κ3) is 4.82. The fourth-order valence-electron chi connectivity index (χ4n) is 5.89. The maximum atomic E-state index is 12.8. The lowest BCUT2D eigenvalue weighted by atomic mass is 9.83. The molecule has 0 bridgehead atoms. The summed E-state index contributed by atoms with van der Waals surface area (Å²) in [7, 11) is 0. The summed E-state index contributed by atoms with van der Waals surface area (Å²) in [6.07, 6.45) is 8.28. The Morgan fingerprint density at radius 3 is 2.64 bits per heavy atom. The first-order valence-electron chi connectivity index (χ1n) is 13.2. The van der Waals surface area contributed by atoms with Crippen molar-refractivity contribution >= 4 is 16.9 Å². The van der Waals surface area contributed by atoms with Gasteiger partial charge in [0.2, 0.25) is 6.79 Å². The monoisotopic (exact) mass is 490 g/mol. The van der Waals surface area contributed by atoms with E-state index in [1.807, 2.05) is 36.4 Å². The highest BCUT2D eigenvalue weighted by molar-refractivity contribution is 5.96. The lowest BCUT2D eigenvalue weighted by Crippen LogP contribution is -2.44. The molecule has 7 nitrogen and oxygen atoms in total. The number of fused-ring (bicyclic) bond motifs is 2. The van der Waals surface area contributed by atoms with E-state index in [-0.39, 0.29) is 18.5 Å². The van der Waals surface area contributed by atoms with Gasteiger partial charge in [0.1, 0.15) is 5.58 Å². The molecule has 0 radical (unpaired) electrons. The van der Waals surface area contributed by atoms with Crippen molar-refractivity contribution in [2.24, 2.45) is 5.92 Å². The van der Waals surface area contributed by atoms with Gasteiger partial charge in [0, 0.05) is 31.6 Å². The summed E-state index contributed by atoms with van der Waals surface area (Å²) in [5.41, 5.74) is 1.63. The third-order valence-corrected chi connectivity index (χ3v) is 8.09. The predicted octanol–water partition coefficient (Wildman–Crippen LogP) is 4.96. The average molecular weight is 491 g/mol. The summed E-state index contributed by atoms with van der Waals surface area (Å²) < 4.78 is 16.6. The predicted molar refractivity (Wildman–Crippen MR) is 136 cm³/mol. The van der Waals surface area contributed by atoms with Crippen LogP contribution in [-0.2, 0) is 12.1 Å². The summed E-state index contributed by atoms with van der Waals surface area (Å²) in [4.78, 5) is 15.3. The molecule has 3 aliphatic rings. The third-order valence-electron chi connectivity index (χ3n) is 8.09. The second-order valence-corrected chi connectivity index (χ2v) is 10.6. The quantitative estimate of drug-likeness (QED) is 0.508. The molecule has 0 unspecified atom stereocenters. The van der Waals surface area contributed by atoms with E-state index >= 15 is 0 Å². The van der Waals surface area contributed by atoms with Crippen LogP contribution >= 0.6 is 0 Å². The molecule has 1 amide bonds. The highest BCUT2D eigenvalue weighted by Crippen LogP contribution is 2.36. The topological polar surface area (TPSA) is 84.2 Å². The van der Waals surface area contributed by atoms with Crippen molar-refractivity contribution in [1.29, 1.82) is 0 Å². The van der Waals surface area contributed by atoms with E-state index < -0.39 is 5.60 Å². The summed E-state index contributed by atoms with van der Waals surface area (Å²) in [5, 5.41) is 15.2. The van der Waals surface area contributed by atoms with E-state index in [2.05, 4.69) is 10.2 Å². The Balaban J connectivity index is 1.08. The number of furan rings is 1. The Hall–Kier alpha value is -3.03. The number of benzene rings is 2. The van der Waals surface area contributed by atoms with Crippen molar-refractivity contribution in [3.63, 3.8) is 0 Å². The van der Waals surface area contributed by atoms with Crippen molar-refractivity contribution in [2.45, 2.75) is 57.1 Å². The van der Waals surface area contributed by atoms with Gasteiger partial charge in [0.15, 0.2) is 17.3 Å². The van der Waals surface area contributed by atoms with Gasteiger partial charge >= 0.3 is 0 Å². The van der Waals surface area contributed by atoms with E-state index in [9.17, 15) is 9.90 Å². The zero-order valence-corrected chi connectivity index (χ0v) is 20.6. The molecule has 36 heavy (non-hydrogen) atoms. The molecule has 2 fully saturated rings. The number of ether oxygens (including phenoxy) is 2. The smallest absolute Gasteiger partial charge is 0.287 e. The van der Waals surface area contributed by atoms with Crippen LogP contribution in [0, 0.1) is 5.92 Å². The van der Waals surface area contributed by atoms with Crippen molar-refractivity contribution in [2.75, 3.05) is 26.4 Å². The van der Waals surface area contributed by atoms with Crippen LogP contribution in [0.1, 0.15) is 66.6 Å². The van der Waals surface area contributed by atoms with Crippen LogP contribution in [-0.4, -0.2) is 42.3 Å². The van der Waals surface area contributed by atoms with Gasteiger partial charge in [-0.1, -0.05) is 31.4 Å². The van der Waals surface area contributed by atoms with Gasteiger partial charge in [0.05, 0.1) is 5.60 Å². The fraction of sp³-hybridized carbons (Fsp3) is 0.483. The molecule has 2 aromatic carbocycles. The molecule has 190 valence electrons. The zero-order valence-electron chi connectivity index (χ0n) is 20.6. The Morgan fingerprint density at radius 2 is 1.81 bits per heavy atom. The van der Waals surface area contributed by atoms with Crippen molar-refractivity contribution in [3.8, 4) is 11.5 Å². The van der Waals surface area contributed by atoms with Crippen LogP contribution in [0.3, 0.4) is 0 Å². The molecule has 2 aliphatic heterocycles. The standard InChI is InChI=1S/C29H34N2O5/c32-28(30-17-21-6-8-25-26(14-21)35-19-34-25)27-16-22-15-23(7-9-24(22)36-27)29(33)10-12-31(13-11-29)18-20-4-2-1-3-5-20/h6-9,14-16,20,33H,1-5,10-13,17-19H2,(H,30,32). The number of hydrogen-bond donors (Lipinski definition) is 2. The normalized spacial score (nSPS) is 20.0. The molecule has 1 saturated heterocycles. The molecular formula is C29H34N2O5. The van der Waals surface area contributed by atoms with Crippen molar-refractivity contribution in [1.82, 2.24) is 10.2 Å². The molecular weight excluding hydrogens is 456 g/mol. The number of nitrogens with one attached hydrogen (secondary N) is 1. The van der Waals surface area contributed by atoms with Crippen LogP contribution in [0.25, 0.3) is 11.0 Å². The Morgan fingerprint density at radius 1 is 1.00 bits per heavy atom. The Bertz CT molecular complexity index is 1240. The molecule has 1 saturated carbocycles. The van der Waals surface area contributed by atoms with Gasteiger partial charge in [-0.05, 0) is 73.1 Å². The van der Waals surface area contributed by atoms with Gasteiger partial charge in [0.25, 0.3) is 5.91 Å². The number of aliphatic hydroxyl groups is 1. The first-order valence-corrected chi connectivity index (χ1v) is 13.2. The lowest BCUT2D eigenvalue weighted by Gasteiger charge is -2.40. The lowest BCUT2D eigenvalue weighted by molar-refractivity contribution is -0.0297. The number of carbonyl (C=O) groups excluding carboxylic acids is 1. The molecule has 3 heterocycles. The minimum atomic E-state index is -0.837. The second kappa shape index (κ2) is 9.79. The minimum Gasteiger partial charge on any atom is -0.454 e. The summed E-state index contributed by atoms with van der Waals surface area (Å²) in [6, 6.07) is 13.2. The molecule has 2 N–H and O–H groups in total. The van der Waals surface area contributed by atoms with Crippen LogP contribution in [0.4, 0.5) is 0 Å². The first-order chi connectivity index (χ1) is 17.6. The molecule has 7 heteroatoms. The number of nitrogens with zero attached hydrogens (tertiary/aromatic N) is 1. The maximum Gasteiger partial charge on any atom is 0.287 e. The van der Waals surface area contributed by atoms with E-state index in [4.69, 9.17) is 13.9 Å². The summed E-state index contributed by atoms with van der Waals surface area (Å²) >= 11 is 0. The number of amides is 1. The number of rotatable bonds is 6. The van der Waals surface area contributed by atoms with Crippen molar-refractivity contribution in [3.05, 3.63) is 59.4 Å². The summed E-state index contributed by atoms with van der Waals surface area (Å²) in [6.45, 7) is 3.59. The first kappa shape index (κ1) is 23.4. The number of likely N-dealkylation sites (tertiary alicyclic amines) is 1.